The largest absolute Gasteiger partial charge is 0.389 e. The maximum atomic E-state index is 9.74. The Bertz CT molecular complexity index is 346. The molecule has 1 aromatic rings. The molecule has 0 spiro atoms. The second kappa shape index (κ2) is 7.24. The molecule has 0 amide bonds. The second-order valence-electron chi connectivity index (χ2n) is 5.33. The van der Waals surface area contributed by atoms with E-state index in [2.05, 4.69) is 33.4 Å². The number of aliphatic hydroxyl groups is 1. The van der Waals surface area contributed by atoms with Crippen LogP contribution in [0, 0.1) is 0 Å². The molecule has 1 aromatic carbocycles. The number of aliphatic hydroxyl groups excluding tert-OH is 1. The maximum Gasteiger partial charge on any atom is 0.0898 e. The van der Waals surface area contributed by atoms with Crippen molar-refractivity contribution < 1.29 is 9.84 Å². The topological polar surface area (TPSA) is 41.5 Å². The van der Waals surface area contributed by atoms with E-state index >= 15 is 0 Å². The maximum absolute atomic E-state index is 9.74. The average molecular weight is 316 g/mol. The van der Waals surface area contributed by atoms with Crippen molar-refractivity contribution >= 4 is 15.9 Å². The summed E-state index contributed by atoms with van der Waals surface area (Å²) in [6, 6.07) is 8.12. The van der Waals surface area contributed by atoms with Crippen LogP contribution in [0.15, 0.2) is 28.7 Å². The van der Waals surface area contributed by atoms with Gasteiger partial charge in [0.1, 0.15) is 0 Å². The minimum absolute atomic E-state index is 0.202. The minimum atomic E-state index is -0.473. The highest BCUT2D eigenvalue weighted by molar-refractivity contribution is 9.10. The van der Waals surface area contributed by atoms with Gasteiger partial charge in [-0.1, -0.05) is 28.1 Å². The van der Waals surface area contributed by atoms with Crippen LogP contribution in [0.5, 0.6) is 0 Å². The summed E-state index contributed by atoms with van der Waals surface area (Å²) in [4.78, 5) is 0. The highest BCUT2D eigenvalue weighted by Crippen LogP contribution is 2.10. The Morgan fingerprint density at radius 2 is 1.89 bits per heavy atom. The molecule has 1 rings (SSSR count). The zero-order valence-electron chi connectivity index (χ0n) is 11.2. The summed E-state index contributed by atoms with van der Waals surface area (Å²) in [5.74, 6) is 0. The number of benzene rings is 1. The average Bonchev–Trinajstić information content (AvgIpc) is 2.28. The quantitative estimate of drug-likeness (QED) is 0.848. The van der Waals surface area contributed by atoms with Gasteiger partial charge < -0.3 is 15.2 Å². The summed E-state index contributed by atoms with van der Waals surface area (Å²) >= 11 is 3.40. The predicted molar refractivity (Wildman–Crippen MR) is 77.6 cm³/mol. The summed E-state index contributed by atoms with van der Waals surface area (Å²) < 4.78 is 6.59. The molecule has 0 aliphatic rings. The lowest BCUT2D eigenvalue weighted by molar-refractivity contribution is -0.0479. The van der Waals surface area contributed by atoms with Crippen LogP contribution in [0.1, 0.15) is 26.3 Å². The first-order valence-electron chi connectivity index (χ1n) is 6.14. The molecular weight excluding hydrogens is 294 g/mol. The van der Waals surface area contributed by atoms with Gasteiger partial charge in [-0.2, -0.15) is 0 Å². The van der Waals surface area contributed by atoms with Crippen molar-refractivity contribution in [1.82, 2.24) is 5.32 Å². The van der Waals surface area contributed by atoms with Crippen LogP contribution in [0.4, 0.5) is 0 Å². The molecule has 18 heavy (non-hydrogen) atoms. The molecule has 0 heterocycles. The molecule has 0 aliphatic carbocycles. The molecule has 0 radical (unpaired) electrons. The third-order valence-corrected chi connectivity index (χ3v) is 2.86. The second-order valence-corrected chi connectivity index (χ2v) is 6.25. The van der Waals surface area contributed by atoms with E-state index in [1.54, 1.807) is 0 Å². The van der Waals surface area contributed by atoms with Gasteiger partial charge in [-0.15, -0.1) is 0 Å². The smallest absolute Gasteiger partial charge is 0.0898 e. The van der Waals surface area contributed by atoms with E-state index in [4.69, 9.17) is 4.74 Å². The minimum Gasteiger partial charge on any atom is -0.389 e. The van der Waals surface area contributed by atoms with Crippen LogP contribution < -0.4 is 5.32 Å². The molecule has 102 valence electrons. The molecule has 0 bridgehead atoms. The van der Waals surface area contributed by atoms with Crippen LogP contribution in [-0.4, -0.2) is 30.0 Å². The van der Waals surface area contributed by atoms with Gasteiger partial charge >= 0.3 is 0 Å². The van der Waals surface area contributed by atoms with Gasteiger partial charge in [-0.25, -0.2) is 0 Å². The molecule has 0 fully saturated rings. The molecule has 3 nitrogen and oxygen atoms in total. The number of ether oxygens (including phenoxy) is 1. The first-order valence-corrected chi connectivity index (χ1v) is 6.93. The van der Waals surface area contributed by atoms with E-state index in [0.29, 0.717) is 13.2 Å². The fourth-order valence-corrected chi connectivity index (χ4v) is 1.65. The third kappa shape index (κ3) is 7.11. The van der Waals surface area contributed by atoms with Crippen molar-refractivity contribution in [1.29, 1.82) is 0 Å². The Morgan fingerprint density at radius 3 is 2.44 bits per heavy atom. The van der Waals surface area contributed by atoms with Crippen molar-refractivity contribution in [2.75, 3.05) is 13.2 Å². The first kappa shape index (κ1) is 15.6. The Balaban J connectivity index is 2.19. The third-order valence-electron chi connectivity index (χ3n) is 2.33. The van der Waals surface area contributed by atoms with E-state index < -0.39 is 6.10 Å². The van der Waals surface area contributed by atoms with Crippen molar-refractivity contribution in [2.24, 2.45) is 0 Å². The lowest BCUT2D eigenvalue weighted by Crippen LogP contribution is -2.33. The van der Waals surface area contributed by atoms with Gasteiger partial charge in [-0.3, -0.25) is 0 Å². The Morgan fingerprint density at radius 1 is 1.28 bits per heavy atom. The Kier molecular flexibility index (Phi) is 6.29. The summed E-state index contributed by atoms with van der Waals surface area (Å²) in [5.41, 5.74) is 0.995. The molecule has 0 aliphatic heterocycles. The van der Waals surface area contributed by atoms with Gasteiger partial charge in [0.25, 0.3) is 0 Å². The van der Waals surface area contributed by atoms with Crippen LogP contribution >= 0.6 is 15.9 Å². The first-order chi connectivity index (χ1) is 8.37. The highest BCUT2D eigenvalue weighted by atomic mass is 79.9. The molecule has 2 N–H and O–H groups in total. The predicted octanol–water partition coefficient (Wildman–Crippen LogP) is 2.71. The summed E-state index contributed by atoms with van der Waals surface area (Å²) in [7, 11) is 0. The number of hydrogen-bond acceptors (Lipinski definition) is 3. The Labute approximate surface area is 118 Å². The van der Waals surface area contributed by atoms with Crippen molar-refractivity contribution in [3.05, 3.63) is 34.3 Å². The lowest BCUT2D eigenvalue weighted by Gasteiger charge is -2.22. The number of nitrogens with one attached hydrogen (secondary N) is 1. The van der Waals surface area contributed by atoms with Crippen molar-refractivity contribution in [2.45, 2.75) is 39.0 Å². The van der Waals surface area contributed by atoms with Gasteiger partial charge in [0.2, 0.25) is 0 Å². The van der Waals surface area contributed by atoms with E-state index in [1.807, 2.05) is 32.9 Å². The van der Waals surface area contributed by atoms with Gasteiger partial charge in [0.05, 0.1) is 18.3 Å². The van der Waals surface area contributed by atoms with Crippen molar-refractivity contribution in [3.8, 4) is 0 Å². The van der Waals surface area contributed by atoms with Crippen molar-refractivity contribution in [3.63, 3.8) is 0 Å². The molecule has 1 atom stereocenters. The van der Waals surface area contributed by atoms with E-state index in [9.17, 15) is 5.11 Å². The highest BCUT2D eigenvalue weighted by Gasteiger charge is 2.13. The van der Waals surface area contributed by atoms with Crippen LogP contribution in [0.25, 0.3) is 0 Å². The van der Waals surface area contributed by atoms with Crippen LogP contribution in [0.3, 0.4) is 0 Å². The monoisotopic (exact) mass is 315 g/mol. The molecule has 1 unspecified atom stereocenters. The fraction of sp³-hybridized carbons (Fsp3) is 0.571. The molecular formula is C14H22BrNO2. The van der Waals surface area contributed by atoms with Gasteiger partial charge in [0.15, 0.2) is 0 Å². The summed E-state index contributed by atoms with van der Waals surface area (Å²) in [6.07, 6.45) is -0.473. The zero-order chi connectivity index (χ0) is 13.6. The number of halogens is 1. The van der Waals surface area contributed by atoms with Gasteiger partial charge in [0, 0.05) is 17.6 Å². The standard InChI is InChI=1S/C14H22BrNO2/c1-14(2,3)18-10-13(17)9-16-8-11-4-6-12(15)7-5-11/h4-7,13,16-17H,8-10H2,1-3H3. The number of hydrogen-bond donors (Lipinski definition) is 2. The molecule has 0 saturated heterocycles. The van der Waals surface area contributed by atoms with E-state index in [0.717, 1.165) is 11.0 Å². The Hall–Kier alpha value is -0.420. The van der Waals surface area contributed by atoms with E-state index in [1.165, 1.54) is 5.56 Å². The van der Waals surface area contributed by atoms with Crippen LogP contribution in [0.2, 0.25) is 0 Å². The fourth-order valence-electron chi connectivity index (χ4n) is 1.39. The normalized spacial score (nSPS) is 13.6. The van der Waals surface area contributed by atoms with E-state index in [-0.39, 0.29) is 5.60 Å². The van der Waals surface area contributed by atoms with Crippen LogP contribution in [-0.2, 0) is 11.3 Å². The zero-order valence-corrected chi connectivity index (χ0v) is 12.8. The molecule has 4 heteroatoms. The SMILES string of the molecule is CC(C)(C)OCC(O)CNCc1ccc(Br)cc1. The molecule has 0 saturated carbocycles. The summed E-state index contributed by atoms with van der Waals surface area (Å²) in [6.45, 7) is 7.59. The molecule has 0 aromatic heterocycles. The summed E-state index contributed by atoms with van der Waals surface area (Å²) in [5, 5.41) is 13.0. The lowest BCUT2D eigenvalue weighted by atomic mass is 10.2. The van der Waals surface area contributed by atoms with Gasteiger partial charge in [-0.05, 0) is 38.5 Å². The number of rotatable bonds is 6.